The van der Waals surface area contributed by atoms with Gasteiger partial charge in [0.2, 0.25) is 0 Å². The van der Waals surface area contributed by atoms with Crippen molar-refractivity contribution in [1.29, 1.82) is 0 Å². The molecule has 3 aromatic heterocycles. The lowest BCUT2D eigenvalue weighted by Gasteiger charge is -2.23. The first kappa shape index (κ1) is 16.9. The van der Waals surface area contributed by atoms with Crippen LogP contribution in [0, 0.1) is 13.8 Å². The zero-order valence-electron chi connectivity index (χ0n) is 15.1. The summed E-state index contributed by atoms with van der Waals surface area (Å²) in [6.45, 7) is 7.49. The predicted molar refractivity (Wildman–Crippen MR) is 95.1 cm³/mol. The average Bonchev–Trinajstić information content (AvgIpc) is 3.18. The van der Waals surface area contributed by atoms with Crippen LogP contribution < -0.4 is 0 Å². The first-order chi connectivity index (χ1) is 12.7. The van der Waals surface area contributed by atoms with Crippen LogP contribution in [0.15, 0.2) is 41.1 Å². The lowest BCUT2D eigenvalue weighted by Crippen LogP contribution is -2.33. The second-order valence-electron chi connectivity index (χ2n) is 6.81. The Labute approximate surface area is 152 Å². The highest BCUT2D eigenvalue weighted by molar-refractivity contribution is 5.09. The quantitative estimate of drug-likeness (QED) is 0.702. The van der Waals surface area contributed by atoms with Crippen LogP contribution >= 0.6 is 0 Å². The van der Waals surface area contributed by atoms with Crippen molar-refractivity contribution in [2.24, 2.45) is 0 Å². The van der Waals surface area contributed by atoms with Crippen molar-refractivity contribution in [3.05, 3.63) is 65.1 Å². The summed E-state index contributed by atoms with van der Waals surface area (Å²) in [6.07, 6.45) is 1.88. The summed E-state index contributed by atoms with van der Waals surface area (Å²) >= 11 is 0. The molecule has 0 bridgehead atoms. The molecule has 7 nitrogen and oxygen atoms in total. The fraction of sp³-hybridized carbons (Fsp3) is 0.421. The largest absolute Gasteiger partial charge is 0.369 e. The molecule has 1 aliphatic heterocycles. The van der Waals surface area contributed by atoms with Gasteiger partial charge in [-0.05, 0) is 32.0 Å². The minimum absolute atomic E-state index is 0.0338. The molecule has 0 spiro atoms. The Balaban J connectivity index is 1.47. The van der Waals surface area contributed by atoms with E-state index in [-0.39, 0.29) is 6.10 Å². The highest BCUT2D eigenvalue weighted by atomic mass is 16.5. The number of ether oxygens (including phenoxy) is 1. The van der Waals surface area contributed by atoms with E-state index in [2.05, 4.69) is 26.2 Å². The molecule has 0 radical (unpaired) electrons. The van der Waals surface area contributed by atoms with Crippen molar-refractivity contribution in [2.75, 3.05) is 6.54 Å². The summed E-state index contributed by atoms with van der Waals surface area (Å²) in [6, 6.07) is 10.0. The normalized spacial score (nSPS) is 17.8. The van der Waals surface area contributed by atoms with E-state index in [1.807, 2.05) is 49.0 Å². The van der Waals surface area contributed by atoms with Crippen LogP contribution in [0.1, 0.15) is 28.5 Å². The topological polar surface area (TPSA) is 69.2 Å². The maximum absolute atomic E-state index is 6.19. The van der Waals surface area contributed by atoms with E-state index in [4.69, 9.17) is 9.26 Å². The van der Waals surface area contributed by atoms with Crippen molar-refractivity contribution in [3.8, 4) is 0 Å². The Kier molecular flexibility index (Phi) is 4.81. The second-order valence-corrected chi connectivity index (χ2v) is 6.81. The number of pyridine rings is 1. The lowest BCUT2D eigenvalue weighted by atomic mass is 10.3. The van der Waals surface area contributed by atoms with Gasteiger partial charge in [-0.2, -0.15) is 5.10 Å². The van der Waals surface area contributed by atoms with Gasteiger partial charge in [-0.25, -0.2) is 0 Å². The molecular weight excluding hydrogens is 330 g/mol. The van der Waals surface area contributed by atoms with Crippen molar-refractivity contribution >= 4 is 0 Å². The van der Waals surface area contributed by atoms with Crippen molar-refractivity contribution in [1.82, 2.24) is 24.8 Å². The van der Waals surface area contributed by atoms with Gasteiger partial charge in [0.1, 0.15) is 5.76 Å². The summed E-state index contributed by atoms with van der Waals surface area (Å²) < 4.78 is 13.4. The molecular formula is C19H23N5O2. The third kappa shape index (κ3) is 4.00. The van der Waals surface area contributed by atoms with E-state index in [9.17, 15) is 0 Å². The zero-order chi connectivity index (χ0) is 17.9. The summed E-state index contributed by atoms with van der Waals surface area (Å²) in [7, 11) is 0. The van der Waals surface area contributed by atoms with Gasteiger partial charge in [0.15, 0.2) is 0 Å². The number of nitrogens with zero attached hydrogens (tertiary/aromatic N) is 5. The molecule has 0 unspecified atom stereocenters. The molecule has 0 amide bonds. The zero-order valence-corrected chi connectivity index (χ0v) is 15.1. The molecule has 0 fully saturated rings. The molecule has 7 heteroatoms. The smallest absolute Gasteiger partial charge is 0.133 e. The van der Waals surface area contributed by atoms with E-state index in [1.165, 1.54) is 5.69 Å². The maximum Gasteiger partial charge on any atom is 0.133 e. The standard InChI is InChI=1S/C19H23N5O2/c1-14-4-3-5-16(21-14)13-25-19-11-23(9-17-8-15(2)26-22-17)10-18-6-7-20-24(18)12-19/h3-8,19H,9-13H2,1-2H3/t19-/m0/s1. The van der Waals surface area contributed by atoms with Gasteiger partial charge in [-0.15, -0.1) is 0 Å². The van der Waals surface area contributed by atoms with E-state index in [0.29, 0.717) is 6.61 Å². The van der Waals surface area contributed by atoms with E-state index in [0.717, 1.165) is 49.0 Å². The van der Waals surface area contributed by atoms with Gasteiger partial charge in [0.25, 0.3) is 0 Å². The maximum atomic E-state index is 6.19. The van der Waals surface area contributed by atoms with Gasteiger partial charge >= 0.3 is 0 Å². The Hall–Kier alpha value is -2.51. The molecule has 0 aromatic carbocycles. The summed E-state index contributed by atoms with van der Waals surface area (Å²) in [5.74, 6) is 0.832. The van der Waals surface area contributed by atoms with Crippen LogP contribution in [0.5, 0.6) is 0 Å². The number of hydrogen-bond acceptors (Lipinski definition) is 6. The van der Waals surface area contributed by atoms with E-state index >= 15 is 0 Å². The first-order valence-electron chi connectivity index (χ1n) is 8.85. The molecule has 26 heavy (non-hydrogen) atoms. The fourth-order valence-corrected chi connectivity index (χ4v) is 3.32. The van der Waals surface area contributed by atoms with Crippen LogP contribution in [-0.2, 0) is 31.0 Å². The molecule has 3 aromatic rings. The third-order valence-electron chi connectivity index (χ3n) is 4.50. The SMILES string of the molecule is Cc1cccc(CO[C@H]2CN(Cc3cc(C)on3)Cc3ccnn3C2)n1. The summed E-state index contributed by atoms with van der Waals surface area (Å²) in [4.78, 5) is 6.85. The van der Waals surface area contributed by atoms with E-state index < -0.39 is 0 Å². The molecule has 0 saturated carbocycles. The Morgan fingerprint density at radius 1 is 1.19 bits per heavy atom. The van der Waals surface area contributed by atoms with Crippen molar-refractivity contribution in [2.45, 2.75) is 46.2 Å². The third-order valence-corrected chi connectivity index (χ3v) is 4.50. The molecule has 1 aliphatic rings. The molecule has 0 saturated heterocycles. The molecule has 136 valence electrons. The van der Waals surface area contributed by atoms with Gasteiger partial charge < -0.3 is 9.26 Å². The minimum Gasteiger partial charge on any atom is -0.369 e. The summed E-state index contributed by atoms with van der Waals surface area (Å²) in [5, 5.41) is 8.56. The number of rotatable bonds is 5. The molecule has 4 rings (SSSR count). The molecule has 4 heterocycles. The Morgan fingerprint density at radius 3 is 2.92 bits per heavy atom. The van der Waals surface area contributed by atoms with Crippen LogP contribution in [0.4, 0.5) is 0 Å². The lowest BCUT2D eigenvalue weighted by molar-refractivity contribution is 0.00539. The number of aryl methyl sites for hydroxylation is 2. The van der Waals surface area contributed by atoms with Crippen molar-refractivity contribution < 1.29 is 9.26 Å². The minimum atomic E-state index is 0.0338. The Bertz CT molecular complexity index is 872. The fourth-order valence-electron chi connectivity index (χ4n) is 3.32. The van der Waals surface area contributed by atoms with Gasteiger partial charge in [-0.3, -0.25) is 14.6 Å². The summed E-state index contributed by atoms with van der Waals surface area (Å²) in [5.41, 5.74) is 4.08. The van der Waals surface area contributed by atoms with E-state index in [1.54, 1.807) is 0 Å². The first-order valence-corrected chi connectivity index (χ1v) is 8.85. The van der Waals surface area contributed by atoms with Gasteiger partial charge in [-0.1, -0.05) is 11.2 Å². The Morgan fingerprint density at radius 2 is 2.12 bits per heavy atom. The number of hydrogen-bond donors (Lipinski definition) is 0. The molecule has 1 atom stereocenters. The van der Waals surface area contributed by atoms with Crippen LogP contribution in [0.2, 0.25) is 0 Å². The molecule has 0 N–H and O–H groups in total. The average molecular weight is 353 g/mol. The monoisotopic (exact) mass is 353 g/mol. The number of fused-ring (bicyclic) bond motifs is 1. The second kappa shape index (κ2) is 7.39. The van der Waals surface area contributed by atoms with Gasteiger partial charge in [0, 0.05) is 37.6 Å². The highest BCUT2D eigenvalue weighted by Crippen LogP contribution is 2.17. The molecule has 0 aliphatic carbocycles. The van der Waals surface area contributed by atoms with Crippen LogP contribution in [-0.4, -0.2) is 37.5 Å². The predicted octanol–water partition coefficient (Wildman–Crippen LogP) is 2.48. The van der Waals surface area contributed by atoms with Crippen molar-refractivity contribution in [3.63, 3.8) is 0 Å². The van der Waals surface area contributed by atoms with Crippen LogP contribution in [0.3, 0.4) is 0 Å². The number of aromatic nitrogens is 4. The highest BCUT2D eigenvalue weighted by Gasteiger charge is 2.23. The van der Waals surface area contributed by atoms with Crippen LogP contribution in [0.25, 0.3) is 0 Å². The van der Waals surface area contributed by atoms with Gasteiger partial charge in [0.05, 0.1) is 36.3 Å².